The highest BCUT2D eigenvalue weighted by molar-refractivity contribution is 6.54. The molecule has 5 heteroatoms. The SMILES string of the molecule is O=C1C(=O)N(CCCCOc2cccc3ccccc23)c2c(Cl)cccc21. The molecule has 0 saturated heterocycles. The molecule has 0 unspecified atom stereocenters. The number of para-hydroxylation sites is 1. The number of rotatable bonds is 6. The normalized spacial score (nSPS) is 13.3. The third kappa shape index (κ3) is 3.28. The topological polar surface area (TPSA) is 46.6 Å². The van der Waals surface area contributed by atoms with Crippen LogP contribution in [-0.4, -0.2) is 24.8 Å². The van der Waals surface area contributed by atoms with Gasteiger partial charge in [-0.15, -0.1) is 0 Å². The Labute approximate surface area is 162 Å². The first kappa shape index (κ1) is 17.6. The summed E-state index contributed by atoms with van der Waals surface area (Å²) in [5, 5.41) is 2.65. The maximum atomic E-state index is 12.2. The Balaban J connectivity index is 1.36. The van der Waals surface area contributed by atoms with Gasteiger partial charge < -0.3 is 9.64 Å². The van der Waals surface area contributed by atoms with Crippen molar-refractivity contribution in [1.82, 2.24) is 0 Å². The molecule has 4 nitrogen and oxygen atoms in total. The fourth-order valence-corrected chi connectivity index (χ4v) is 3.68. The van der Waals surface area contributed by atoms with Crippen molar-refractivity contribution < 1.29 is 14.3 Å². The summed E-state index contributed by atoms with van der Waals surface area (Å²) in [6.07, 6.45) is 1.48. The molecular weight excluding hydrogens is 362 g/mol. The van der Waals surface area contributed by atoms with Gasteiger partial charge in [0.05, 0.1) is 22.9 Å². The van der Waals surface area contributed by atoms with Crippen LogP contribution in [0.25, 0.3) is 10.8 Å². The summed E-state index contributed by atoms with van der Waals surface area (Å²) >= 11 is 6.20. The summed E-state index contributed by atoms with van der Waals surface area (Å²) in [7, 11) is 0. The molecule has 0 spiro atoms. The van der Waals surface area contributed by atoms with Gasteiger partial charge in [0.25, 0.3) is 11.7 Å². The average Bonchev–Trinajstić information content (AvgIpc) is 2.94. The molecule has 0 fully saturated rings. The molecule has 0 N–H and O–H groups in total. The van der Waals surface area contributed by atoms with Crippen LogP contribution in [0.15, 0.2) is 60.7 Å². The van der Waals surface area contributed by atoms with Crippen LogP contribution in [0, 0.1) is 0 Å². The van der Waals surface area contributed by atoms with Crippen molar-refractivity contribution in [3.8, 4) is 5.75 Å². The lowest BCUT2D eigenvalue weighted by Gasteiger charge is -2.17. The van der Waals surface area contributed by atoms with Crippen molar-refractivity contribution in [2.45, 2.75) is 12.8 Å². The number of anilines is 1. The summed E-state index contributed by atoms with van der Waals surface area (Å²) in [5.41, 5.74) is 0.920. The zero-order chi connectivity index (χ0) is 18.8. The van der Waals surface area contributed by atoms with Crippen LogP contribution >= 0.6 is 11.6 Å². The van der Waals surface area contributed by atoms with E-state index in [4.69, 9.17) is 16.3 Å². The van der Waals surface area contributed by atoms with Gasteiger partial charge in [0.15, 0.2) is 0 Å². The maximum absolute atomic E-state index is 12.2. The van der Waals surface area contributed by atoms with E-state index >= 15 is 0 Å². The number of halogens is 1. The molecule has 1 amide bonds. The summed E-state index contributed by atoms with van der Waals surface area (Å²) in [4.78, 5) is 25.8. The minimum atomic E-state index is -0.506. The minimum absolute atomic E-state index is 0.388. The van der Waals surface area contributed by atoms with Crippen LogP contribution in [0.1, 0.15) is 23.2 Å². The Morgan fingerprint density at radius 3 is 2.56 bits per heavy atom. The Morgan fingerprint density at radius 2 is 1.67 bits per heavy atom. The average molecular weight is 380 g/mol. The number of Topliss-reactive ketones (excluding diaryl/α,β-unsaturated/α-hetero) is 1. The number of unbranched alkanes of at least 4 members (excludes halogenated alkanes) is 1. The molecular formula is C22H18ClNO3. The second kappa shape index (κ2) is 7.41. The standard InChI is InChI=1S/C22H18ClNO3/c23-18-11-6-10-17-20(18)24(22(26)21(17)25)13-3-4-14-27-19-12-5-8-15-7-1-2-9-16(15)19/h1-2,5-12H,3-4,13-14H2. The lowest BCUT2D eigenvalue weighted by Crippen LogP contribution is -2.31. The van der Waals surface area contributed by atoms with E-state index in [2.05, 4.69) is 12.1 Å². The number of ether oxygens (including phenoxy) is 1. The van der Waals surface area contributed by atoms with E-state index in [1.165, 1.54) is 4.90 Å². The molecule has 1 aliphatic heterocycles. The molecule has 0 saturated carbocycles. The lowest BCUT2D eigenvalue weighted by molar-refractivity contribution is -0.114. The van der Waals surface area contributed by atoms with Gasteiger partial charge in [-0.25, -0.2) is 0 Å². The van der Waals surface area contributed by atoms with Crippen molar-refractivity contribution in [2.24, 2.45) is 0 Å². The monoisotopic (exact) mass is 379 g/mol. The number of carbonyl (C=O) groups excluding carboxylic acids is 2. The quantitative estimate of drug-likeness (QED) is 0.453. The summed E-state index contributed by atoms with van der Waals surface area (Å²) < 4.78 is 5.93. The second-order valence-electron chi connectivity index (χ2n) is 6.45. The van der Waals surface area contributed by atoms with Crippen LogP contribution in [0.3, 0.4) is 0 Å². The first-order valence-electron chi connectivity index (χ1n) is 8.92. The summed E-state index contributed by atoms with van der Waals surface area (Å²) in [6.45, 7) is 0.986. The Morgan fingerprint density at radius 1 is 0.889 bits per heavy atom. The van der Waals surface area contributed by atoms with Crippen LogP contribution in [-0.2, 0) is 4.79 Å². The fourth-order valence-electron chi connectivity index (χ4n) is 3.40. The molecule has 0 bridgehead atoms. The van der Waals surface area contributed by atoms with Gasteiger partial charge in [-0.05, 0) is 36.4 Å². The van der Waals surface area contributed by atoms with Gasteiger partial charge in [-0.1, -0.05) is 54.1 Å². The number of ketones is 1. The number of fused-ring (bicyclic) bond motifs is 2. The number of hydrogen-bond acceptors (Lipinski definition) is 3. The van der Waals surface area contributed by atoms with Crippen LogP contribution in [0.4, 0.5) is 5.69 Å². The molecule has 1 heterocycles. The van der Waals surface area contributed by atoms with Gasteiger partial charge in [0, 0.05) is 11.9 Å². The van der Waals surface area contributed by atoms with E-state index in [9.17, 15) is 9.59 Å². The number of nitrogens with zero attached hydrogens (tertiary/aromatic N) is 1. The van der Waals surface area contributed by atoms with E-state index < -0.39 is 11.7 Å². The molecule has 0 aromatic heterocycles. The van der Waals surface area contributed by atoms with Gasteiger partial charge >= 0.3 is 0 Å². The maximum Gasteiger partial charge on any atom is 0.299 e. The zero-order valence-electron chi connectivity index (χ0n) is 14.7. The van der Waals surface area contributed by atoms with Crippen molar-refractivity contribution in [2.75, 3.05) is 18.1 Å². The molecule has 3 aromatic carbocycles. The first-order valence-corrected chi connectivity index (χ1v) is 9.30. The Kier molecular flexibility index (Phi) is 4.82. The van der Waals surface area contributed by atoms with E-state index in [-0.39, 0.29) is 0 Å². The molecule has 3 aromatic rings. The van der Waals surface area contributed by atoms with Gasteiger partial charge in [-0.3, -0.25) is 9.59 Å². The van der Waals surface area contributed by atoms with Gasteiger partial charge in [0.1, 0.15) is 5.75 Å². The minimum Gasteiger partial charge on any atom is -0.493 e. The first-order chi connectivity index (χ1) is 13.2. The van der Waals surface area contributed by atoms with Gasteiger partial charge in [0.2, 0.25) is 0 Å². The highest BCUT2D eigenvalue weighted by atomic mass is 35.5. The van der Waals surface area contributed by atoms with Crippen LogP contribution < -0.4 is 9.64 Å². The predicted octanol–water partition coefficient (Wildman–Crippen LogP) is 4.88. The van der Waals surface area contributed by atoms with Crippen molar-refractivity contribution >= 4 is 39.8 Å². The molecule has 0 radical (unpaired) electrons. The van der Waals surface area contributed by atoms with E-state index in [1.807, 2.05) is 30.3 Å². The smallest absolute Gasteiger partial charge is 0.299 e. The molecule has 4 rings (SSSR count). The van der Waals surface area contributed by atoms with Crippen molar-refractivity contribution in [3.63, 3.8) is 0 Å². The molecule has 136 valence electrons. The van der Waals surface area contributed by atoms with Crippen LogP contribution in [0.5, 0.6) is 5.75 Å². The molecule has 27 heavy (non-hydrogen) atoms. The largest absolute Gasteiger partial charge is 0.493 e. The van der Waals surface area contributed by atoms with Gasteiger partial charge in [-0.2, -0.15) is 0 Å². The fraction of sp³-hybridized carbons (Fsp3) is 0.182. The number of benzene rings is 3. The summed E-state index contributed by atoms with van der Waals surface area (Å²) in [6, 6.07) is 19.1. The molecule has 0 aliphatic carbocycles. The predicted molar refractivity (Wildman–Crippen MR) is 107 cm³/mol. The van der Waals surface area contributed by atoms with E-state index in [1.54, 1.807) is 18.2 Å². The van der Waals surface area contributed by atoms with E-state index in [0.717, 1.165) is 22.9 Å². The van der Waals surface area contributed by atoms with Crippen molar-refractivity contribution in [3.05, 3.63) is 71.2 Å². The third-order valence-electron chi connectivity index (χ3n) is 4.72. The Bertz CT molecular complexity index is 1030. The number of carbonyl (C=O) groups is 2. The lowest BCUT2D eigenvalue weighted by atomic mass is 10.1. The number of hydrogen-bond donors (Lipinski definition) is 0. The van der Waals surface area contributed by atoms with Crippen LogP contribution in [0.2, 0.25) is 5.02 Å². The molecule has 0 atom stereocenters. The number of amides is 1. The highest BCUT2D eigenvalue weighted by Crippen LogP contribution is 2.35. The third-order valence-corrected chi connectivity index (χ3v) is 5.03. The van der Waals surface area contributed by atoms with E-state index in [0.29, 0.717) is 35.8 Å². The Hall–Kier alpha value is -2.85. The van der Waals surface area contributed by atoms with Crippen molar-refractivity contribution in [1.29, 1.82) is 0 Å². The zero-order valence-corrected chi connectivity index (χ0v) is 15.4. The molecule has 1 aliphatic rings. The highest BCUT2D eigenvalue weighted by Gasteiger charge is 2.36. The second-order valence-corrected chi connectivity index (χ2v) is 6.86. The summed E-state index contributed by atoms with van der Waals surface area (Å²) in [5.74, 6) is -0.138.